The Morgan fingerprint density at radius 3 is 2.75 bits per heavy atom. The Bertz CT molecular complexity index is 602. The van der Waals surface area contributed by atoms with Gasteiger partial charge in [-0.25, -0.2) is 0 Å². The van der Waals surface area contributed by atoms with Gasteiger partial charge in [0, 0.05) is 18.8 Å². The zero-order valence-electron chi connectivity index (χ0n) is 9.20. The maximum absolute atomic E-state index is 12.1. The summed E-state index contributed by atoms with van der Waals surface area (Å²) in [5.74, 6) is 0. The normalized spacial score (nSPS) is 13.0. The van der Waals surface area contributed by atoms with Crippen molar-refractivity contribution in [3.63, 3.8) is 0 Å². The van der Waals surface area contributed by atoms with Gasteiger partial charge in [0.2, 0.25) is 0 Å². The third-order valence-corrected chi connectivity index (χ3v) is 3.04. The maximum atomic E-state index is 12.1. The van der Waals surface area contributed by atoms with Crippen LogP contribution in [0.15, 0.2) is 29.1 Å². The summed E-state index contributed by atoms with van der Waals surface area (Å²) in [7, 11) is 1.71. The second-order valence-corrected chi connectivity index (χ2v) is 4.33. The molecule has 1 aromatic heterocycles. The van der Waals surface area contributed by atoms with Gasteiger partial charge in [0.1, 0.15) is 0 Å². The first-order chi connectivity index (χ1) is 7.52. The minimum Gasteiger partial charge on any atom is -0.323 e. The fraction of sp³-hybridized carbons (Fsp3) is 0.250. The lowest BCUT2D eigenvalue weighted by Crippen LogP contribution is -2.24. The molecule has 0 fully saturated rings. The number of rotatable bonds is 1. The molecular weight excluding hydrogens is 224 g/mol. The van der Waals surface area contributed by atoms with Crippen molar-refractivity contribution in [1.82, 2.24) is 4.57 Å². The highest BCUT2D eigenvalue weighted by Gasteiger charge is 2.11. The maximum Gasteiger partial charge on any atom is 0.259 e. The number of hydrogen-bond acceptors (Lipinski definition) is 2. The molecule has 0 aliphatic rings. The van der Waals surface area contributed by atoms with E-state index >= 15 is 0 Å². The van der Waals surface area contributed by atoms with Crippen LogP contribution < -0.4 is 11.3 Å². The Hall–Kier alpha value is -1.32. The zero-order valence-corrected chi connectivity index (χ0v) is 9.95. The molecular formula is C12H13ClN2O. The van der Waals surface area contributed by atoms with Crippen molar-refractivity contribution >= 4 is 22.4 Å². The minimum absolute atomic E-state index is 0.101. The van der Waals surface area contributed by atoms with Crippen molar-refractivity contribution in [2.75, 3.05) is 0 Å². The van der Waals surface area contributed by atoms with Gasteiger partial charge in [-0.3, -0.25) is 4.79 Å². The molecule has 4 heteroatoms. The molecule has 0 aliphatic carbocycles. The van der Waals surface area contributed by atoms with E-state index in [9.17, 15) is 4.79 Å². The molecule has 0 spiro atoms. The summed E-state index contributed by atoms with van der Waals surface area (Å²) in [6, 6.07) is 7.15. The first-order valence-corrected chi connectivity index (χ1v) is 5.44. The standard InChI is InChI=1S/C12H13ClN2O/c1-7(14)10-6-8-4-3-5-9(13)11(8)12(16)15(10)2/h3-7H,14H2,1-2H3/t7-/m0/s1. The second kappa shape index (κ2) is 3.92. The quantitative estimate of drug-likeness (QED) is 0.825. The third kappa shape index (κ3) is 1.62. The number of benzene rings is 1. The molecule has 0 amide bonds. The van der Waals surface area contributed by atoms with Crippen LogP contribution in [0, 0.1) is 0 Å². The van der Waals surface area contributed by atoms with E-state index in [1.54, 1.807) is 17.7 Å². The molecule has 1 aromatic carbocycles. The average Bonchev–Trinajstić information content (AvgIpc) is 2.22. The van der Waals surface area contributed by atoms with Crippen LogP contribution in [0.5, 0.6) is 0 Å². The highest BCUT2D eigenvalue weighted by atomic mass is 35.5. The van der Waals surface area contributed by atoms with Gasteiger partial charge in [0.15, 0.2) is 0 Å². The highest BCUT2D eigenvalue weighted by Crippen LogP contribution is 2.22. The lowest BCUT2D eigenvalue weighted by atomic mass is 10.1. The Kier molecular flexibility index (Phi) is 2.74. The van der Waals surface area contributed by atoms with Crippen LogP contribution in [-0.4, -0.2) is 4.57 Å². The van der Waals surface area contributed by atoms with Crippen molar-refractivity contribution in [2.24, 2.45) is 12.8 Å². The number of nitrogens with two attached hydrogens (primary N) is 1. The molecule has 2 N–H and O–H groups in total. The lowest BCUT2D eigenvalue weighted by molar-refractivity contribution is 0.691. The van der Waals surface area contributed by atoms with Gasteiger partial charge < -0.3 is 10.3 Å². The predicted octanol–water partition coefficient (Wildman–Crippen LogP) is 2.21. The fourth-order valence-electron chi connectivity index (χ4n) is 1.86. The molecule has 3 nitrogen and oxygen atoms in total. The van der Waals surface area contributed by atoms with Gasteiger partial charge >= 0.3 is 0 Å². The number of hydrogen-bond donors (Lipinski definition) is 1. The topological polar surface area (TPSA) is 48.0 Å². The summed E-state index contributed by atoms with van der Waals surface area (Å²) in [6.07, 6.45) is 0. The summed E-state index contributed by atoms with van der Waals surface area (Å²) in [5.41, 5.74) is 6.52. The number of pyridine rings is 1. The Morgan fingerprint density at radius 2 is 2.12 bits per heavy atom. The van der Waals surface area contributed by atoms with Crippen LogP contribution in [0.3, 0.4) is 0 Å². The summed E-state index contributed by atoms with van der Waals surface area (Å²) in [5, 5.41) is 1.87. The Balaban J connectivity index is 2.95. The largest absolute Gasteiger partial charge is 0.323 e. The van der Waals surface area contributed by atoms with Crippen LogP contribution in [0.2, 0.25) is 5.02 Å². The minimum atomic E-state index is -0.180. The molecule has 2 rings (SSSR count). The predicted molar refractivity (Wildman–Crippen MR) is 66.8 cm³/mol. The molecule has 84 valence electrons. The van der Waals surface area contributed by atoms with Crippen molar-refractivity contribution in [1.29, 1.82) is 0 Å². The highest BCUT2D eigenvalue weighted by molar-refractivity contribution is 6.35. The van der Waals surface area contributed by atoms with Gasteiger partial charge in [-0.2, -0.15) is 0 Å². The molecule has 0 bridgehead atoms. The van der Waals surface area contributed by atoms with Gasteiger partial charge in [0.25, 0.3) is 5.56 Å². The molecule has 0 saturated carbocycles. The van der Waals surface area contributed by atoms with E-state index in [2.05, 4.69) is 0 Å². The molecule has 1 atom stereocenters. The van der Waals surface area contributed by atoms with Crippen LogP contribution in [-0.2, 0) is 7.05 Å². The smallest absolute Gasteiger partial charge is 0.259 e. The van der Waals surface area contributed by atoms with E-state index in [4.69, 9.17) is 17.3 Å². The second-order valence-electron chi connectivity index (χ2n) is 3.93. The van der Waals surface area contributed by atoms with Gasteiger partial charge in [-0.05, 0) is 24.4 Å². The number of aromatic nitrogens is 1. The molecule has 16 heavy (non-hydrogen) atoms. The molecule has 0 aliphatic heterocycles. The summed E-state index contributed by atoms with van der Waals surface area (Å²) >= 11 is 6.02. The Labute approximate surface area is 98.4 Å². The fourth-order valence-corrected chi connectivity index (χ4v) is 2.13. The van der Waals surface area contributed by atoms with Crippen molar-refractivity contribution < 1.29 is 0 Å². The van der Waals surface area contributed by atoms with Gasteiger partial charge in [-0.1, -0.05) is 23.7 Å². The number of nitrogens with zero attached hydrogens (tertiary/aromatic N) is 1. The third-order valence-electron chi connectivity index (χ3n) is 2.72. The molecule has 0 saturated heterocycles. The summed E-state index contributed by atoms with van der Waals surface area (Å²) in [6.45, 7) is 1.85. The van der Waals surface area contributed by atoms with Crippen LogP contribution in [0.1, 0.15) is 18.7 Å². The first-order valence-electron chi connectivity index (χ1n) is 5.06. The number of fused-ring (bicyclic) bond motifs is 1. The molecule has 1 heterocycles. The lowest BCUT2D eigenvalue weighted by Gasteiger charge is -2.13. The van der Waals surface area contributed by atoms with E-state index in [-0.39, 0.29) is 11.6 Å². The van der Waals surface area contributed by atoms with E-state index in [0.717, 1.165) is 11.1 Å². The van der Waals surface area contributed by atoms with E-state index < -0.39 is 0 Å². The zero-order chi connectivity index (χ0) is 11.9. The molecule has 0 radical (unpaired) electrons. The molecule has 0 unspecified atom stereocenters. The number of halogens is 1. The average molecular weight is 237 g/mol. The van der Waals surface area contributed by atoms with E-state index in [0.29, 0.717) is 10.4 Å². The monoisotopic (exact) mass is 236 g/mol. The SMILES string of the molecule is C[C@H](N)c1cc2cccc(Cl)c2c(=O)n1C. The van der Waals surface area contributed by atoms with E-state index in [1.807, 2.05) is 25.1 Å². The summed E-state index contributed by atoms with van der Waals surface area (Å²) in [4.78, 5) is 12.1. The van der Waals surface area contributed by atoms with E-state index in [1.165, 1.54) is 0 Å². The Morgan fingerprint density at radius 1 is 1.44 bits per heavy atom. The van der Waals surface area contributed by atoms with Gasteiger partial charge in [-0.15, -0.1) is 0 Å². The van der Waals surface area contributed by atoms with Crippen LogP contribution in [0.25, 0.3) is 10.8 Å². The summed E-state index contributed by atoms with van der Waals surface area (Å²) < 4.78 is 1.55. The van der Waals surface area contributed by atoms with Crippen molar-refractivity contribution in [3.8, 4) is 0 Å². The first kappa shape index (κ1) is 11.2. The van der Waals surface area contributed by atoms with Crippen molar-refractivity contribution in [3.05, 3.63) is 45.3 Å². The van der Waals surface area contributed by atoms with Crippen LogP contribution in [0.4, 0.5) is 0 Å². The van der Waals surface area contributed by atoms with Crippen molar-refractivity contribution in [2.45, 2.75) is 13.0 Å². The van der Waals surface area contributed by atoms with Crippen LogP contribution >= 0.6 is 11.6 Å². The molecule has 2 aromatic rings. The van der Waals surface area contributed by atoms with Gasteiger partial charge in [0.05, 0.1) is 10.4 Å².